The van der Waals surface area contributed by atoms with E-state index >= 15 is 0 Å². The molecule has 0 amide bonds. The van der Waals surface area contributed by atoms with E-state index in [4.69, 9.17) is 4.43 Å². The Bertz CT molecular complexity index is 438. The third kappa shape index (κ3) is 21.8. The average Bonchev–Trinajstić information content (AvgIpc) is 3.53. The minimum Gasteiger partial charge on any atom is -0.474 e. The average molecular weight is 645 g/mol. The maximum absolute atomic E-state index is 6.04. The van der Waals surface area contributed by atoms with Crippen LogP contribution in [0.1, 0.15) is 80.1 Å². The van der Waals surface area contributed by atoms with Gasteiger partial charge in [-0.05, 0) is 43.8 Å². The SMILES string of the molecule is CC(C)(C)[Si](C)(C)OC/C=C/[C]1[CH][CH][CH][CH]1.CCC[CH2][Sn+]([CH2]CCC)[CH2]CCC.[C-]1[CH][CH][CH][CH]1.[Fe+2]. The van der Waals surface area contributed by atoms with Crippen LogP contribution < -0.4 is 0 Å². The summed E-state index contributed by atoms with van der Waals surface area (Å²) in [6.45, 7) is 19.1. The van der Waals surface area contributed by atoms with E-state index in [1.54, 1.807) is 13.3 Å². The maximum Gasteiger partial charge on any atom is 2.00 e. The quantitative estimate of drug-likeness (QED) is 0.143. The summed E-state index contributed by atoms with van der Waals surface area (Å²) in [5.41, 5.74) is 0. The van der Waals surface area contributed by atoms with Gasteiger partial charge in [-0.3, -0.25) is 0 Å². The molecule has 2 aliphatic rings. The molecule has 0 aromatic carbocycles. The Morgan fingerprint density at radius 1 is 0.829 bits per heavy atom. The first-order valence-corrected chi connectivity index (χ1v) is 22.6. The van der Waals surface area contributed by atoms with Crippen LogP contribution in [0.25, 0.3) is 0 Å². The van der Waals surface area contributed by atoms with E-state index < -0.39 is 28.1 Å². The molecule has 0 heterocycles. The normalized spacial score (nSPS) is 16.3. The van der Waals surface area contributed by atoms with E-state index in [0.29, 0.717) is 5.04 Å². The standard InChI is InChI=1S/C14H23OSi.C5H4.3C4H9.Fe.Sn/c1-14(2,3)16(4,5)15-12-8-11-13-9-6-7-10-13;1-2-4-5-3-1;3*1-3-4-2;;/h6-11H,12H2,1-5H3;1-4H;3*1,3-4H2,2H3;;/q;-1;;;;+2;+1/b11-8+;;;;;;. The summed E-state index contributed by atoms with van der Waals surface area (Å²) < 4.78 is 11.1. The Labute approximate surface area is 242 Å². The number of unbranched alkanes of at least 4 members (excludes halogenated alkanes) is 3. The number of allylic oxidation sites excluding steroid dienone is 1. The van der Waals surface area contributed by atoms with Crippen LogP contribution in [0.2, 0.25) is 31.4 Å². The smallest absolute Gasteiger partial charge is 0.474 e. The molecule has 0 saturated heterocycles. The molecule has 0 bridgehead atoms. The van der Waals surface area contributed by atoms with Crippen LogP contribution in [0.5, 0.6) is 0 Å². The minimum absolute atomic E-state index is 0. The van der Waals surface area contributed by atoms with Gasteiger partial charge in [0.05, 0.1) is 6.61 Å². The van der Waals surface area contributed by atoms with Gasteiger partial charge in [-0.2, -0.15) is 0 Å². The molecule has 35 heavy (non-hydrogen) atoms. The molecular formula is C31H54FeOSiSn+2. The molecule has 0 atom stereocenters. The van der Waals surface area contributed by atoms with Gasteiger partial charge < -0.3 is 10.8 Å². The van der Waals surface area contributed by atoms with Gasteiger partial charge in [0, 0.05) is 5.92 Å². The van der Waals surface area contributed by atoms with E-state index in [2.05, 4.69) is 86.1 Å². The molecule has 0 N–H and O–H groups in total. The van der Waals surface area contributed by atoms with Gasteiger partial charge in [-0.1, -0.05) is 45.8 Å². The second kappa shape index (κ2) is 24.3. The summed E-state index contributed by atoms with van der Waals surface area (Å²) in [6.07, 6.45) is 31.9. The van der Waals surface area contributed by atoms with E-state index in [1.165, 1.54) is 44.4 Å². The van der Waals surface area contributed by atoms with Gasteiger partial charge in [0.2, 0.25) is 0 Å². The first kappa shape index (κ1) is 38.4. The molecule has 10 radical (unpaired) electrons. The molecular weight excluding hydrogens is 591 g/mol. The first-order chi connectivity index (χ1) is 16.2. The van der Waals surface area contributed by atoms with Crippen molar-refractivity contribution >= 4 is 28.1 Å². The second-order valence-corrected chi connectivity index (χ2v) is 24.0. The molecule has 2 saturated carbocycles. The van der Waals surface area contributed by atoms with Gasteiger partial charge in [0.25, 0.3) is 0 Å². The van der Waals surface area contributed by atoms with Crippen molar-refractivity contribution in [1.29, 1.82) is 0 Å². The van der Waals surface area contributed by atoms with E-state index in [9.17, 15) is 0 Å². The van der Waals surface area contributed by atoms with Crippen molar-refractivity contribution in [3.8, 4) is 0 Å². The fourth-order valence-corrected chi connectivity index (χ4v) is 13.5. The predicted octanol–water partition coefficient (Wildman–Crippen LogP) is 9.75. The van der Waals surface area contributed by atoms with Crippen molar-refractivity contribution in [2.75, 3.05) is 6.61 Å². The Balaban J connectivity index is 0. The molecule has 2 aliphatic carbocycles. The summed E-state index contributed by atoms with van der Waals surface area (Å²) in [5.74, 6) is 1.25. The fourth-order valence-electron chi connectivity index (χ4n) is 3.09. The van der Waals surface area contributed by atoms with Crippen molar-refractivity contribution < 1.29 is 21.5 Å². The van der Waals surface area contributed by atoms with Crippen LogP contribution in [0, 0.1) is 63.7 Å². The number of hydrogen-bond acceptors (Lipinski definition) is 1. The minimum atomic E-state index is -1.58. The van der Waals surface area contributed by atoms with Gasteiger partial charge >= 0.3 is 109 Å². The summed E-state index contributed by atoms with van der Waals surface area (Å²) >= 11 is -0.839. The summed E-state index contributed by atoms with van der Waals surface area (Å²) in [4.78, 5) is 0. The summed E-state index contributed by atoms with van der Waals surface area (Å²) in [5, 5.41) is 0.293. The van der Waals surface area contributed by atoms with Crippen LogP contribution in [-0.2, 0) is 21.5 Å². The van der Waals surface area contributed by atoms with Crippen molar-refractivity contribution in [1.82, 2.24) is 0 Å². The Morgan fingerprint density at radius 3 is 1.63 bits per heavy atom. The summed E-state index contributed by atoms with van der Waals surface area (Å²) in [7, 11) is -1.58. The van der Waals surface area contributed by atoms with Crippen molar-refractivity contribution in [2.45, 2.75) is 112 Å². The zero-order chi connectivity index (χ0) is 25.7. The topological polar surface area (TPSA) is 9.23 Å². The first-order valence-electron chi connectivity index (χ1n) is 13.6. The number of hydrogen-bond donors (Lipinski definition) is 0. The molecule has 0 aliphatic heterocycles. The van der Waals surface area contributed by atoms with Gasteiger partial charge in [-0.25, -0.2) is 12.8 Å². The fraction of sp³-hybridized carbons (Fsp3) is 0.613. The molecule has 0 aromatic heterocycles. The van der Waals surface area contributed by atoms with Crippen molar-refractivity contribution in [3.05, 3.63) is 75.9 Å². The zero-order valence-corrected chi connectivity index (χ0v) is 29.1. The van der Waals surface area contributed by atoms with Gasteiger partial charge in [-0.15, -0.1) is 0 Å². The van der Waals surface area contributed by atoms with E-state index in [0.717, 1.165) is 6.61 Å². The second-order valence-electron chi connectivity index (χ2n) is 10.6. The molecule has 2 fully saturated rings. The molecule has 0 spiro atoms. The Hall–Kier alpha value is 1.24. The van der Waals surface area contributed by atoms with Crippen molar-refractivity contribution in [2.24, 2.45) is 0 Å². The Kier molecular flexibility index (Phi) is 26.6. The van der Waals surface area contributed by atoms with Crippen LogP contribution >= 0.6 is 0 Å². The molecule has 0 aromatic rings. The van der Waals surface area contributed by atoms with E-state index in [1.807, 2.05) is 38.5 Å². The Morgan fingerprint density at radius 2 is 1.29 bits per heavy atom. The van der Waals surface area contributed by atoms with Crippen LogP contribution in [0.15, 0.2) is 12.2 Å². The van der Waals surface area contributed by atoms with Crippen LogP contribution in [0.4, 0.5) is 0 Å². The predicted molar refractivity (Wildman–Crippen MR) is 158 cm³/mol. The molecule has 2 rings (SSSR count). The van der Waals surface area contributed by atoms with E-state index in [-0.39, 0.29) is 17.1 Å². The molecule has 1 nitrogen and oxygen atoms in total. The molecule has 4 heteroatoms. The third-order valence-corrected chi connectivity index (χ3v) is 20.1. The zero-order valence-electron chi connectivity index (χ0n) is 24.1. The third-order valence-electron chi connectivity index (χ3n) is 6.49. The van der Waals surface area contributed by atoms with Crippen LogP contribution in [0.3, 0.4) is 0 Å². The van der Waals surface area contributed by atoms with Gasteiger partial charge in [0.15, 0.2) is 8.32 Å². The van der Waals surface area contributed by atoms with Crippen LogP contribution in [-0.4, -0.2) is 34.7 Å². The molecule has 0 unspecified atom stereocenters. The van der Waals surface area contributed by atoms with Crippen molar-refractivity contribution in [3.63, 3.8) is 0 Å². The largest absolute Gasteiger partial charge is 2.00 e. The summed E-state index contributed by atoms with van der Waals surface area (Å²) in [6, 6.07) is 0. The monoisotopic (exact) mass is 646 g/mol. The van der Waals surface area contributed by atoms with Gasteiger partial charge in [0.1, 0.15) is 0 Å². The maximum atomic E-state index is 6.04. The molecule has 198 valence electrons. The number of rotatable bonds is 13.